The Balaban J connectivity index is 1.86. The molecule has 1 aliphatic carbocycles. The van der Waals surface area contributed by atoms with E-state index in [9.17, 15) is 4.79 Å². The molecule has 0 saturated carbocycles. The predicted octanol–water partition coefficient (Wildman–Crippen LogP) is -0.156. The summed E-state index contributed by atoms with van der Waals surface area (Å²) in [4.78, 5) is 21.1. The van der Waals surface area contributed by atoms with Gasteiger partial charge in [-0.25, -0.2) is 4.79 Å². The summed E-state index contributed by atoms with van der Waals surface area (Å²) in [7, 11) is 4.05. The molecule has 5 atom stereocenters. The third-order valence-corrected chi connectivity index (χ3v) is 4.87. The molecule has 5 unspecified atom stereocenters. The van der Waals surface area contributed by atoms with Gasteiger partial charge in [0.1, 0.15) is 17.8 Å². The molecule has 0 bridgehead atoms. The molecule has 3 N–H and O–H groups in total. The Morgan fingerprint density at radius 2 is 2.38 bits per heavy atom. The molecule has 24 heavy (non-hydrogen) atoms. The van der Waals surface area contributed by atoms with Crippen molar-refractivity contribution in [1.82, 2.24) is 10.6 Å². The maximum absolute atomic E-state index is 11.7. The van der Waals surface area contributed by atoms with Crippen molar-refractivity contribution in [2.75, 3.05) is 26.4 Å². The maximum Gasteiger partial charge on any atom is 0.337 e. The van der Waals surface area contributed by atoms with Crippen LogP contribution in [-0.2, 0) is 9.53 Å². The number of aliphatic hydroxyl groups is 1. The van der Waals surface area contributed by atoms with E-state index in [-0.39, 0.29) is 36.6 Å². The first-order valence-corrected chi connectivity index (χ1v) is 8.93. The van der Waals surface area contributed by atoms with Crippen molar-refractivity contribution >= 4 is 26.9 Å². The van der Waals surface area contributed by atoms with E-state index in [4.69, 9.17) is 14.8 Å². The summed E-state index contributed by atoms with van der Waals surface area (Å²) >= 11 is 0. The Hall–Kier alpha value is -1.56. The van der Waals surface area contributed by atoms with Crippen LogP contribution in [0.4, 0.5) is 0 Å². The number of nitrogens with zero attached hydrogens (tertiary/aromatic N) is 2. The van der Waals surface area contributed by atoms with E-state index in [0.717, 1.165) is 17.8 Å². The van der Waals surface area contributed by atoms with Crippen LogP contribution < -0.4 is 10.6 Å². The van der Waals surface area contributed by atoms with Gasteiger partial charge in [-0.15, -0.1) is 9.24 Å². The van der Waals surface area contributed by atoms with Crippen LogP contribution in [0.3, 0.4) is 0 Å². The number of amidine groups is 2. The highest BCUT2D eigenvalue weighted by Crippen LogP contribution is 2.36. The fraction of sp³-hybridized carbons (Fsp3) is 0.562. The van der Waals surface area contributed by atoms with Gasteiger partial charge in [-0.2, -0.15) is 0 Å². The minimum absolute atomic E-state index is 0.0246. The molecule has 0 amide bonds. The summed E-state index contributed by atoms with van der Waals surface area (Å²) in [5.74, 6) is 1.72. The smallest absolute Gasteiger partial charge is 0.337 e. The molecule has 8 heteroatoms. The zero-order valence-corrected chi connectivity index (χ0v) is 14.8. The molecule has 0 spiro atoms. The van der Waals surface area contributed by atoms with Crippen molar-refractivity contribution in [3.8, 4) is 0 Å². The normalized spacial score (nSPS) is 32.5. The number of ether oxygens (including phenoxy) is 1. The van der Waals surface area contributed by atoms with Crippen molar-refractivity contribution in [3.63, 3.8) is 0 Å². The van der Waals surface area contributed by atoms with E-state index in [1.54, 1.807) is 0 Å². The fourth-order valence-electron chi connectivity index (χ4n) is 3.36. The molecular weight excluding hydrogens is 327 g/mol. The summed E-state index contributed by atoms with van der Waals surface area (Å²) < 4.78 is 4.80. The van der Waals surface area contributed by atoms with E-state index in [1.165, 1.54) is 7.11 Å². The lowest BCUT2D eigenvalue weighted by atomic mass is 9.83. The monoisotopic (exact) mass is 350 g/mol. The molecular formula is C16H23N4O3P. The van der Waals surface area contributed by atoms with Gasteiger partial charge in [-0.05, 0) is 6.42 Å². The standard InChI is InChI=1S/C16H23N4O3P/c1-23-16(22)9-3-4-10-11(7-9)18-15-13(10)14(17-5-2-6-21)19-12(8-24)20-15/h3-4,7,10-11,13,15,18,21H,2,5-6,8,24H2,1H3,(H,17,19,20). The third kappa shape index (κ3) is 3.29. The molecule has 2 aliphatic heterocycles. The molecule has 3 aliphatic rings. The molecule has 3 rings (SSSR count). The molecule has 0 aromatic carbocycles. The second-order valence-corrected chi connectivity index (χ2v) is 6.37. The molecule has 0 radical (unpaired) electrons. The van der Waals surface area contributed by atoms with Crippen molar-refractivity contribution in [1.29, 1.82) is 0 Å². The zero-order valence-electron chi connectivity index (χ0n) is 13.6. The maximum atomic E-state index is 11.7. The Kier molecular flexibility index (Phi) is 5.43. The van der Waals surface area contributed by atoms with Gasteiger partial charge in [0.05, 0.1) is 18.6 Å². The largest absolute Gasteiger partial charge is 0.465 e. The number of aliphatic imine (C=N–C) groups is 2. The van der Waals surface area contributed by atoms with Crippen LogP contribution in [-0.4, -0.2) is 61.4 Å². The molecule has 7 nitrogen and oxygen atoms in total. The Labute approximate surface area is 143 Å². The van der Waals surface area contributed by atoms with Crippen molar-refractivity contribution < 1.29 is 14.6 Å². The highest BCUT2D eigenvalue weighted by molar-refractivity contribution is 7.18. The molecule has 0 aromatic heterocycles. The van der Waals surface area contributed by atoms with E-state index in [1.807, 2.05) is 18.2 Å². The summed E-state index contributed by atoms with van der Waals surface area (Å²) in [5, 5.41) is 15.8. The highest BCUT2D eigenvalue weighted by atomic mass is 31.0. The average molecular weight is 350 g/mol. The van der Waals surface area contributed by atoms with Crippen LogP contribution in [0.25, 0.3) is 0 Å². The SMILES string of the molecule is COC(=O)C1=CC2NC3N=C(CP)NC(=NCCCO)C3C2C=C1. The lowest BCUT2D eigenvalue weighted by Gasteiger charge is -2.29. The number of hydrogen-bond donors (Lipinski definition) is 3. The highest BCUT2D eigenvalue weighted by Gasteiger charge is 2.47. The van der Waals surface area contributed by atoms with Crippen LogP contribution >= 0.6 is 9.24 Å². The topological polar surface area (TPSA) is 95.3 Å². The predicted molar refractivity (Wildman–Crippen MR) is 96.1 cm³/mol. The summed E-state index contributed by atoms with van der Waals surface area (Å²) in [6.07, 6.45) is 7.06. The van der Waals surface area contributed by atoms with Gasteiger partial charge in [0, 0.05) is 31.3 Å². The minimum Gasteiger partial charge on any atom is -0.465 e. The van der Waals surface area contributed by atoms with Gasteiger partial charge in [-0.1, -0.05) is 18.2 Å². The minimum atomic E-state index is -0.328. The first kappa shape index (κ1) is 17.3. The van der Waals surface area contributed by atoms with Gasteiger partial charge in [0.25, 0.3) is 0 Å². The van der Waals surface area contributed by atoms with E-state index in [2.05, 4.69) is 24.9 Å². The second-order valence-electron chi connectivity index (χ2n) is 5.96. The van der Waals surface area contributed by atoms with Gasteiger partial charge in [0.2, 0.25) is 0 Å². The van der Waals surface area contributed by atoms with E-state index in [0.29, 0.717) is 18.5 Å². The van der Waals surface area contributed by atoms with Crippen LogP contribution in [0.15, 0.2) is 33.8 Å². The van der Waals surface area contributed by atoms with Crippen LogP contribution in [0, 0.1) is 11.8 Å². The van der Waals surface area contributed by atoms with Crippen molar-refractivity contribution in [2.45, 2.75) is 18.6 Å². The van der Waals surface area contributed by atoms with Gasteiger partial charge in [0.15, 0.2) is 0 Å². The van der Waals surface area contributed by atoms with E-state index < -0.39 is 0 Å². The Bertz CT molecular complexity index is 629. The molecule has 130 valence electrons. The number of methoxy groups -OCH3 is 1. The van der Waals surface area contributed by atoms with Gasteiger partial charge < -0.3 is 15.2 Å². The average Bonchev–Trinajstić information content (AvgIpc) is 2.98. The first-order valence-electron chi connectivity index (χ1n) is 8.11. The number of aliphatic hydroxyl groups excluding tert-OH is 1. The second kappa shape index (κ2) is 7.55. The summed E-state index contributed by atoms with van der Waals surface area (Å²) in [6, 6.07) is 0.0246. The molecule has 2 heterocycles. The number of carbonyl (C=O) groups excluding carboxylic acids is 1. The fourth-order valence-corrected chi connectivity index (χ4v) is 3.57. The number of carbonyl (C=O) groups is 1. The number of fused-ring (bicyclic) bond motifs is 3. The van der Waals surface area contributed by atoms with Crippen LogP contribution in [0.1, 0.15) is 6.42 Å². The Morgan fingerprint density at radius 1 is 1.54 bits per heavy atom. The first-order chi connectivity index (χ1) is 11.7. The summed E-state index contributed by atoms with van der Waals surface area (Å²) in [6.45, 7) is 0.710. The third-order valence-electron chi connectivity index (χ3n) is 4.49. The van der Waals surface area contributed by atoms with Gasteiger partial charge >= 0.3 is 5.97 Å². The number of nitrogens with one attached hydrogen (secondary N) is 2. The van der Waals surface area contributed by atoms with E-state index >= 15 is 0 Å². The Morgan fingerprint density at radius 3 is 3.08 bits per heavy atom. The van der Waals surface area contributed by atoms with Crippen molar-refractivity contribution in [3.05, 3.63) is 23.8 Å². The number of hydrogen-bond acceptors (Lipinski definition) is 6. The quantitative estimate of drug-likeness (QED) is 0.364. The number of rotatable bonds is 5. The van der Waals surface area contributed by atoms with Crippen LogP contribution in [0.2, 0.25) is 0 Å². The molecule has 1 saturated heterocycles. The summed E-state index contributed by atoms with van der Waals surface area (Å²) in [5.41, 5.74) is 0.562. The lowest BCUT2D eigenvalue weighted by molar-refractivity contribution is -0.135. The van der Waals surface area contributed by atoms with Crippen molar-refractivity contribution in [2.24, 2.45) is 21.8 Å². The van der Waals surface area contributed by atoms with Gasteiger partial charge in [-0.3, -0.25) is 15.3 Å². The number of esters is 1. The lowest BCUT2D eigenvalue weighted by Crippen LogP contribution is -2.48. The molecule has 1 fully saturated rings. The molecule has 0 aromatic rings. The zero-order chi connectivity index (χ0) is 17.1. The van der Waals surface area contributed by atoms with Crippen LogP contribution in [0.5, 0.6) is 0 Å².